The highest BCUT2D eigenvalue weighted by molar-refractivity contribution is 7.99. The van der Waals surface area contributed by atoms with Crippen LogP contribution in [0.3, 0.4) is 0 Å². The van der Waals surface area contributed by atoms with E-state index in [1.807, 2.05) is 43.3 Å². The van der Waals surface area contributed by atoms with Gasteiger partial charge >= 0.3 is 0 Å². The van der Waals surface area contributed by atoms with Crippen LogP contribution in [0.25, 0.3) is 0 Å². The molecule has 168 valence electrons. The summed E-state index contributed by atoms with van der Waals surface area (Å²) in [6.07, 6.45) is 1.68. The molecule has 0 aliphatic rings. The van der Waals surface area contributed by atoms with E-state index >= 15 is 0 Å². The number of para-hydroxylation sites is 1. The SMILES string of the molecule is CCN(CC)c1ccc(/C=N/Nc2nnc(SCC(=O)Nc3ccccc3C)n2N)cc1. The predicted octanol–water partition coefficient (Wildman–Crippen LogP) is 3.32. The molecule has 0 radical (unpaired) electrons. The molecule has 1 aromatic heterocycles. The Labute approximate surface area is 192 Å². The lowest BCUT2D eigenvalue weighted by Gasteiger charge is -2.20. The third-order valence-corrected chi connectivity index (χ3v) is 5.76. The maximum Gasteiger partial charge on any atom is 0.264 e. The van der Waals surface area contributed by atoms with Crippen LogP contribution in [0.1, 0.15) is 25.0 Å². The van der Waals surface area contributed by atoms with E-state index in [2.05, 4.69) is 56.9 Å². The number of aromatic nitrogens is 3. The van der Waals surface area contributed by atoms with Crippen molar-refractivity contribution in [2.24, 2.45) is 5.10 Å². The van der Waals surface area contributed by atoms with Gasteiger partial charge in [-0.2, -0.15) is 5.10 Å². The van der Waals surface area contributed by atoms with Crippen molar-refractivity contribution < 1.29 is 4.79 Å². The number of amides is 1. The minimum Gasteiger partial charge on any atom is -0.372 e. The monoisotopic (exact) mass is 452 g/mol. The van der Waals surface area contributed by atoms with Gasteiger partial charge in [-0.25, -0.2) is 10.1 Å². The summed E-state index contributed by atoms with van der Waals surface area (Å²) in [5, 5.41) is 15.5. The number of anilines is 3. The van der Waals surface area contributed by atoms with E-state index in [4.69, 9.17) is 5.84 Å². The highest BCUT2D eigenvalue weighted by Crippen LogP contribution is 2.19. The number of hydrogen-bond donors (Lipinski definition) is 3. The van der Waals surface area contributed by atoms with Gasteiger partial charge in [0.05, 0.1) is 12.0 Å². The van der Waals surface area contributed by atoms with Crippen LogP contribution in [0.5, 0.6) is 0 Å². The molecule has 4 N–H and O–H groups in total. The van der Waals surface area contributed by atoms with Gasteiger partial charge in [0.2, 0.25) is 11.1 Å². The van der Waals surface area contributed by atoms with E-state index in [-0.39, 0.29) is 17.6 Å². The molecule has 0 aliphatic heterocycles. The van der Waals surface area contributed by atoms with Crippen molar-refractivity contribution in [3.05, 3.63) is 59.7 Å². The molecule has 0 bridgehead atoms. The molecule has 2 aromatic carbocycles. The topological polar surface area (TPSA) is 113 Å². The van der Waals surface area contributed by atoms with Gasteiger partial charge < -0.3 is 16.1 Å². The molecule has 0 atom stereocenters. The first-order valence-corrected chi connectivity index (χ1v) is 11.3. The van der Waals surface area contributed by atoms with Crippen molar-refractivity contribution in [2.75, 3.05) is 40.3 Å². The zero-order valence-corrected chi connectivity index (χ0v) is 19.3. The summed E-state index contributed by atoms with van der Waals surface area (Å²) >= 11 is 1.20. The Hall–Kier alpha value is -3.53. The highest BCUT2D eigenvalue weighted by Gasteiger charge is 2.12. The number of carbonyl (C=O) groups excluding carboxylic acids is 1. The Bertz CT molecular complexity index is 1060. The number of thioether (sulfide) groups is 1. The zero-order chi connectivity index (χ0) is 22.9. The van der Waals surface area contributed by atoms with Crippen molar-refractivity contribution in [3.8, 4) is 0 Å². The van der Waals surface area contributed by atoms with Gasteiger partial charge in [-0.15, -0.1) is 10.2 Å². The van der Waals surface area contributed by atoms with Crippen LogP contribution in [0.15, 0.2) is 58.8 Å². The smallest absolute Gasteiger partial charge is 0.264 e. The summed E-state index contributed by atoms with van der Waals surface area (Å²) in [4.78, 5) is 14.5. The van der Waals surface area contributed by atoms with Crippen LogP contribution >= 0.6 is 11.8 Å². The first-order valence-electron chi connectivity index (χ1n) is 10.3. The van der Waals surface area contributed by atoms with Crippen molar-refractivity contribution >= 4 is 41.2 Å². The molecule has 0 unspecified atom stereocenters. The van der Waals surface area contributed by atoms with Crippen LogP contribution in [0, 0.1) is 6.92 Å². The lowest BCUT2D eigenvalue weighted by Crippen LogP contribution is -2.21. The predicted molar refractivity (Wildman–Crippen MR) is 132 cm³/mol. The Morgan fingerprint density at radius 2 is 1.88 bits per heavy atom. The molecule has 32 heavy (non-hydrogen) atoms. The molecule has 9 nitrogen and oxygen atoms in total. The summed E-state index contributed by atoms with van der Waals surface area (Å²) in [5.74, 6) is 6.32. The summed E-state index contributed by atoms with van der Waals surface area (Å²) in [6.45, 7) is 8.14. The maximum atomic E-state index is 12.2. The first kappa shape index (κ1) is 23.1. The molecule has 0 fully saturated rings. The highest BCUT2D eigenvalue weighted by atomic mass is 32.2. The average Bonchev–Trinajstić information content (AvgIpc) is 3.15. The number of benzene rings is 2. The summed E-state index contributed by atoms with van der Waals surface area (Å²) < 4.78 is 1.27. The fraction of sp³-hybridized carbons (Fsp3) is 0.273. The molecular formula is C22H28N8OS. The molecule has 0 saturated carbocycles. The number of nitrogen functional groups attached to an aromatic ring is 1. The van der Waals surface area contributed by atoms with Gasteiger partial charge in [-0.1, -0.05) is 42.1 Å². The van der Waals surface area contributed by atoms with Gasteiger partial charge in [0.25, 0.3) is 5.95 Å². The molecule has 1 amide bonds. The van der Waals surface area contributed by atoms with E-state index in [0.29, 0.717) is 5.16 Å². The first-order chi connectivity index (χ1) is 15.5. The number of nitrogens with zero attached hydrogens (tertiary/aromatic N) is 5. The van der Waals surface area contributed by atoms with Crippen LogP contribution in [0.4, 0.5) is 17.3 Å². The number of aryl methyl sites for hydroxylation is 1. The van der Waals surface area contributed by atoms with Crippen LogP contribution in [0.2, 0.25) is 0 Å². The molecule has 10 heteroatoms. The van der Waals surface area contributed by atoms with E-state index in [0.717, 1.165) is 29.9 Å². The quantitative estimate of drug-likeness (QED) is 0.187. The second-order valence-electron chi connectivity index (χ2n) is 6.96. The van der Waals surface area contributed by atoms with Crippen molar-refractivity contribution in [3.63, 3.8) is 0 Å². The largest absolute Gasteiger partial charge is 0.372 e. The Morgan fingerprint density at radius 3 is 2.56 bits per heavy atom. The molecule has 3 aromatic rings. The number of nitrogens with one attached hydrogen (secondary N) is 2. The minimum absolute atomic E-state index is 0.145. The van der Waals surface area contributed by atoms with E-state index in [1.54, 1.807) is 6.21 Å². The van der Waals surface area contributed by atoms with Crippen LogP contribution < -0.4 is 21.5 Å². The third-order valence-electron chi connectivity index (χ3n) is 4.82. The van der Waals surface area contributed by atoms with Crippen LogP contribution in [-0.2, 0) is 4.79 Å². The lowest BCUT2D eigenvalue weighted by molar-refractivity contribution is -0.113. The molecule has 0 saturated heterocycles. The number of nitrogens with two attached hydrogens (primary N) is 1. The second kappa shape index (κ2) is 11.2. The number of hydrazone groups is 1. The fourth-order valence-electron chi connectivity index (χ4n) is 3.01. The van der Waals surface area contributed by atoms with Crippen molar-refractivity contribution in [1.29, 1.82) is 0 Å². The summed E-state index contributed by atoms with van der Waals surface area (Å²) in [7, 11) is 0. The van der Waals surface area contributed by atoms with Crippen LogP contribution in [-0.4, -0.2) is 45.8 Å². The summed E-state index contributed by atoms with van der Waals surface area (Å²) in [6, 6.07) is 15.7. The van der Waals surface area contributed by atoms with Crippen molar-refractivity contribution in [2.45, 2.75) is 25.9 Å². The standard InChI is InChI=1S/C22H28N8OS/c1-4-29(5-2)18-12-10-17(11-13-18)14-24-26-21-27-28-22(30(21)23)32-15-20(31)25-19-9-7-6-8-16(19)3/h6-14H,4-5,15,23H2,1-3H3,(H,25,31)(H,26,27)/b24-14+. The van der Waals surface area contributed by atoms with E-state index < -0.39 is 0 Å². The molecule has 0 spiro atoms. The molecular weight excluding hydrogens is 424 g/mol. The lowest BCUT2D eigenvalue weighted by atomic mass is 10.2. The zero-order valence-electron chi connectivity index (χ0n) is 18.4. The van der Waals surface area contributed by atoms with Gasteiger partial charge in [-0.3, -0.25) is 4.79 Å². The number of carbonyl (C=O) groups is 1. The number of hydrogen-bond acceptors (Lipinski definition) is 8. The van der Waals surface area contributed by atoms with Gasteiger partial charge in [-0.05, 0) is 50.1 Å². The van der Waals surface area contributed by atoms with Gasteiger partial charge in [0, 0.05) is 24.5 Å². The van der Waals surface area contributed by atoms with E-state index in [9.17, 15) is 4.79 Å². The van der Waals surface area contributed by atoms with Gasteiger partial charge in [0.15, 0.2) is 0 Å². The minimum atomic E-state index is -0.145. The fourth-order valence-corrected chi connectivity index (χ4v) is 3.66. The molecule has 0 aliphatic carbocycles. The second-order valence-corrected chi connectivity index (χ2v) is 7.90. The average molecular weight is 453 g/mol. The Kier molecular flexibility index (Phi) is 8.09. The van der Waals surface area contributed by atoms with Crippen molar-refractivity contribution in [1.82, 2.24) is 14.9 Å². The van der Waals surface area contributed by atoms with Gasteiger partial charge in [0.1, 0.15) is 0 Å². The maximum absolute atomic E-state index is 12.2. The molecule has 3 rings (SSSR count). The summed E-state index contributed by atoms with van der Waals surface area (Å²) in [5.41, 5.74) is 6.69. The normalized spacial score (nSPS) is 11.0. The third kappa shape index (κ3) is 6.01. The number of rotatable bonds is 10. The van der Waals surface area contributed by atoms with E-state index in [1.165, 1.54) is 22.1 Å². The Morgan fingerprint density at radius 1 is 1.16 bits per heavy atom. The Balaban J connectivity index is 1.52. The molecule has 1 heterocycles.